The molecule has 2 rings (SSSR count). The highest BCUT2D eigenvalue weighted by atomic mass is 32.2. The Morgan fingerprint density at radius 2 is 2.41 bits per heavy atom. The van der Waals surface area contributed by atoms with Crippen LogP contribution in [0.25, 0.3) is 0 Å². The van der Waals surface area contributed by atoms with Crippen molar-refractivity contribution in [3.05, 3.63) is 16.1 Å². The first-order chi connectivity index (χ1) is 8.04. The monoisotopic (exact) mass is 276 g/mol. The third kappa shape index (κ3) is 2.67. The van der Waals surface area contributed by atoms with Crippen LogP contribution in [0.2, 0.25) is 0 Å². The Kier molecular flexibility index (Phi) is 3.82. The molecule has 1 aliphatic rings. The first-order valence-electron chi connectivity index (χ1n) is 5.54. The molecule has 96 valence electrons. The van der Waals surface area contributed by atoms with Crippen LogP contribution in [0.5, 0.6) is 0 Å². The van der Waals surface area contributed by atoms with Gasteiger partial charge in [-0.25, -0.2) is 13.4 Å². The molecule has 7 heteroatoms. The maximum Gasteiger partial charge on any atom is 0.214 e. The van der Waals surface area contributed by atoms with Crippen molar-refractivity contribution in [2.75, 3.05) is 25.5 Å². The number of aromatic nitrogens is 1. The van der Waals surface area contributed by atoms with Gasteiger partial charge >= 0.3 is 0 Å². The summed E-state index contributed by atoms with van der Waals surface area (Å²) >= 11 is 1.53. The van der Waals surface area contributed by atoms with E-state index in [1.54, 1.807) is 6.92 Å². The molecule has 0 bridgehead atoms. The van der Waals surface area contributed by atoms with Crippen LogP contribution in [-0.2, 0) is 14.8 Å². The highest BCUT2D eigenvalue weighted by Gasteiger charge is 2.33. The molecule has 2 heterocycles. The second-order valence-electron chi connectivity index (χ2n) is 3.89. The van der Waals surface area contributed by atoms with E-state index in [4.69, 9.17) is 4.74 Å². The van der Waals surface area contributed by atoms with Crippen LogP contribution in [0.1, 0.15) is 23.7 Å². The van der Waals surface area contributed by atoms with Gasteiger partial charge in [0.25, 0.3) is 0 Å². The summed E-state index contributed by atoms with van der Waals surface area (Å²) in [7, 11) is -3.19. The van der Waals surface area contributed by atoms with E-state index < -0.39 is 10.0 Å². The summed E-state index contributed by atoms with van der Waals surface area (Å²) in [5.41, 5.74) is 0.796. The molecule has 0 saturated carbocycles. The van der Waals surface area contributed by atoms with Crippen LogP contribution in [0.15, 0.2) is 5.38 Å². The standard InChI is InChI=1S/C10H16N2O3S2/c1-3-17(13,14)12-4-5-15-6-10(12)9-7-16-8(2)11-9/h7,10H,3-6H2,1-2H3. The maximum atomic E-state index is 12.0. The molecule has 1 atom stereocenters. The molecule has 0 aliphatic carbocycles. The largest absolute Gasteiger partial charge is 0.378 e. The SMILES string of the molecule is CCS(=O)(=O)N1CCOCC1c1csc(C)n1. The number of morpholine rings is 1. The zero-order valence-electron chi connectivity index (χ0n) is 9.92. The topological polar surface area (TPSA) is 59.5 Å². The summed E-state index contributed by atoms with van der Waals surface area (Å²) in [4.78, 5) is 4.36. The molecular weight excluding hydrogens is 260 g/mol. The molecule has 1 saturated heterocycles. The van der Waals surface area contributed by atoms with Gasteiger partial charge in [-0.2, -0.15) is 4.31 Å². The molecule has 0 amide bonds. The lowest BCUT2D eigenvalue weighted by molar-refractivity contribution is 0.0308. The third-order valence-corrected chi connectivity index (χ3v) is 5.45. The van der Waals surface area contributed by atoms with Gasteiger partial charge < -0.3 is 4.74 Å². The van der Waals surface area contributed by atoms with Crippen molar-refractivity contribution in [1.82, 2.24) is 9.29 Å². The number of nitrogens with zero attached hydrogens (tertiary/aromatic N) is 2. The molecule has 1 aliphatic heterocycles. The Morgan fingerprint density at radius 3 is 3.00 bits per heavy atom. The molecule has 1 aromatic rings. The summed E-state index contributed by atoms with van der Waals surface area (Å²) in [5, 5.41) is 2.85. The van der Waals surface area contributed by atoms with E-state index in [0.29, 0.717) is 19.8 Å². The summed E-state index contributed by atoms with van der Waals surface area (Å²) in [6.07, 6.45) is 0. The minimum atomic E-state index is -3.19. The Hall–Kier alpha value is -0.500. The van der Waals surface area contributed by atoms with Gasteiger partial charge in [-0.15, -0.1) is 11.3 Å². The summed E-state index contributed by atoms with van der Waals surface area (Å²) in [5.74, 6) is 0.118. The Labute approximate surface area is 105 Å². The van der Waals surface area contributed by atoms with Crippen LogP contribution in [0, 0.1) is 6.92 Å². The summed E-state index contributed by atoms with van der Waals surface area (Å²) in [6.45, 7) is 4.84. The zero-order valence-corrected chi connectivity index (χ0v) is 11.6. The van der Waals surface area contributed by atoms with Crippen molar-refractivity contribution in [3.63, 3.8) is 0 Å². The van der Waals surface area contributed by atoms with Crippen LogP contribution in [0.4, 0.5) is 0 Å². The Morgan fingerprint density at radius 1 is 1.65 bits per heavy atom. The van der Waals surface area contributed by atoms with Gasteiger partial charge in [-0.05, 0) is 13.8 Å². The summed E-state index contributed by atoms with van der Waals surface area (Å²) < 4.78 is 30.9. The number of thiazole rings is 1. The molecule has 0 N–H and O–H groups in total. The molecule has 1 unspecified atom stereocenters. The van der Waals surface area contributed by atoms with Gasteiger partial charge in [0.05, 0.1) is 35.7 Å². The van der Waals surface area contributed by atoms with Crippen LogP contribution < -0.4 is 0 Å². The second-order valence-corrected chi connectivity index (χ2v) is 7.17. The van der Waals surface area contributed by atoms with E-state index in [0.717, 1.165) is 10.7 Å². The lowest BCUT2D eigenvalue weighted by atomic mass is 10.2. The number of ether oxygens (including phenoxy) is 1. The predicted octanol–water partition coefficient (Wildman–Crippen LogP) is 1.17. The fourth-order valence-corrected chi connectivity index (χ4v) is 3.75. The van der Waals surface area contributed by atoms with E-state index in [9.17, 15) is 8.42 Å². The highest BCUT2D eigenvalue weighted by Crippen LogP contribution is 2.27. The van der Waals surface area contributed by atoms with Gasteiger partial charge in [0.15, 0.2) is 0 Å². The minimum absolute atomic E-state index is 0.118. The summed E-state index contributed by atoms with van der Waals surface area (Å²) in [6, 6.07) is -0.265. The van der Waals surface area contributed by atoms with Crippen molar-refractivity contribution in [3.8, 4) is 0 Å². The average molecular weight is 276 g/mol. The molecule has 17 heavy (non-hydrogen) atoms. The number of sulfonamides is 1. The Balaban J connectivity index is 2.30. The van der Waals surface area contributed by atoms with Gasteiger partial charge in [0.1, 0.15) is 0 Å². The molecule has 0 aromatic carbocycles. The van der Waals surface area contributed by atoms with E-state index in [2.05, 4.69) is 4.98 Å². The van der Waals surface area contributed by atoms with E-state index in [1.807, 2.05) is 12.3 Å². The molecule has 5 nitrogen and oxygen atoms in total. The van der Waals surface area contributed by atoms with Crippen molar-refractivity contribution < 1.29 is 13.2 Å². The van der Waals surface area contributed by atoms with Crippen LogP contribution >= 0.6 is 11.3 Å². The number of rotatable bonds is 3. The lowest BCUT2D eigenvalue weighted by Gasteiger charge is -2.33. The minimum Gasteiger partial charge on any atom is -0.378 e. The van der Waals surface area contributed by atoms with Gasteiger partial charge in [-0.1, -0.05) is 0 Å². The van der Waals surface area contributed by atoms with Gasteiger partial charge in [0, 0.05) is 11.9 Å². The lowest BCUT2D eigenvalue weighted by Crippen LogP contribution is -2.44. The van der Waals surface area contributed by atoms with Crippen molar-refractivity contribution in [2.24, 2.45) is 0 Å². The van der Waals surface area contributed by atoms with Crippen molar-refractivity contribution in [1.29, 1.82) is 0 Å². The molecule has 1 fully saturated rings. The Bertz CT molecular complexity index is 483. The van der Waals surface area contributed by atoms with E-state index in [-0.39, 0.29) is 11.8 Å². The van der Waals surface area contributed by atoms with Crippen molar-refractivity contribution >= 4 is 21.4 Å². The number of aryl methyl sites for hydroxylation is 1. The fourth-order valence-electron chi connectivity index (χ4n) is 1.85. The zero-order chi connectivity index (χ0) is 12.5. The van der Waals surface area contributed by atoms with E-state index in [1.165, 1.54) is 15.6 Å². The third-order valence-electron chi connectivity index (χ3n) is 2.78. The molecular formula is C10H16N2O3S2. The van der Waals surface area contributed by atoms with Crippen LogP contribution in [0.3, 0.4) is 0 Å². The predicted molar refractivity (Wildman–Crippen MR) is 66.6 cm³/mol. The van der Waals surface area contributed by atoms with Crippen molar-refractivity contribution in [2.45, 2.75) is 19.9 Å². The number of hydrogen-bond acceptors (Lipinski definition) is 5. The first kappa shape index (κ1) is 12.9. The maximum absolute atomic E-state index is 12.0. The normalized spacial score (nSPS) is 22.8. The average Bonchev–Trinajstić information content (AvgIpc) is 2.76. The molecule has 0 radical (unpaired) electrons. The van der Waals surface area contributed by atoms with Gasteiger partial charge in [0.2, 0.25) is 10.0 Å². The molecule has 1 aromatic heterocycles. The van der Waals surface area contributed by atoms with E-state index >= 15 is 0 Å². The van der Waals surface area contributed by atoms with Gasteiger partial charge in [-0.3, -0.25) is 0 Å². The smallest absolute Gasteiger partial charge is 0.214 e. The first-order valence-corrected chi connectivity index (χ1v) is 8.02. The fraction of sp³-hybridized carbons (Fsp3) is 0.700. The number of hydrogen-bond donors (Lipinski definition) is 0. The second kappa shape index (κ2) is 5.01. The molecule has 0 spiro atoms. The quantitative estimate of drug-likeness (QED) is 0.831. The highest BCUT2D eigenvalue weighted by molar-refractivity contribution is 7.89. The van der Waals surface area contributed by atoms with Crippen LogP contribution in [-0.4, -0.2) is 43.2 Å².